The second-order valence-electron chi connectivity index (χ2n) is 3.99. The van der Waals surface area contributed by atoms with Crippen LogP contribution in [-0.2, 0) is 9.53 Å². The summed E-state index contributed by atoms with van der Waals surface area (Å²) in [7, 11) is 1.34. The Labute approximate surface area is 115 Å². The Hall–Kier alpha value is -1.94. The smallest absolute Gasteiger partial charge is 0.330 e. The molecule has 0 unspecified atom stereocenters. The molecule has 0 amide bonds. The molecule has 0 fully saturated rings. The van der Waals surface area contributed by atoms with E-state index in [1.165, 1.54) is 30.6 Å². The van der Waals surface area contributed by atoms with E-state index in [1.54, 1.807) is 18.2 Å². The largest absolute Gasteiger partial charge is 0.466 e. The molecule has 2 rings (SSSR count). The third kappa shape index (κ3) is 3.09. The van der Waals surface area contributed by atoms with Crippen LogP contribution in [0.1, 0.15) is 11.8 Å². The van der Waals surface area contributed by atoms with Crippen LogP contribution in [0, 0.1) is 5.82 Å². The van der Waals surface area contributed by atoms with Gasteiger partial charge >= 0.3 is 5.97 Å². The van der Waals surface area contributed by atoms with Gasteiger partial charge < -0.3 is 4.74 Å². The Balaban J connectivity index is 2.32. The predicted molar refractivity (Wildman–Crippen MR) is 75.4 cm³/mol. The summed E-state index contributed by atoms with van der Waals surface area (Å²) in [5.41, 5.74) is 1.38. The maximum absolute atomic E-state index is 13.7. The van der Waals surface area contributed by atoms with Crippen molar-refractivity contribution in [1.82, 2.24) is 0 Å². The number of allylic oxidation sites excluding steroid dienone is 1. The van der Waals surface area contributed by atoms with Crippen LogP contribution in [-0.4, -0.2) is 13.1 Å². The minimum absolute atomic E-state index is 0.245. The van der Waals surface area contributed by atoms with Gasteiger partial charge in [0.05, 0.1) is 7.11 Å². The number of halogens is 1. The van der Waals surface area contributed by atoms with Gasteiger partial charge in [-0.15, -0.1) is 11.3 Å². The number of hydrogen-bond donors (Lipinski definition) is 0. The first-order valence-corrected chi connectivity index (χ1v) is 6.55. The molecule has 19 heavy (non-hydrogen) atoms. The van der Waals surface area contributed by atoms with Crippen LogP contribution in [0.25, 0.3) is 16.0 Å². The molecule has 0 atom stereocenters. The highest BCUT2D eigenvalue weighted by Crippen LogP contribution is 2.33. The van der Waals surface area contributed by atoms with Gasteiger partial charge in [-0.2, -0.15) is 0 Å². The van der Waals surface area contributed by atoms with Gasteiger partial charge in [0.25, 0.3) is 0 Å². The van der Waals surface area contributed by atoms with E-state index in [0.29, 0.717) is 5.56 Å². The van der Waals surface area contributed by atoms with E-state index in [1.807, 2.05) is 19.1 Å². The number of methoxy groups -OCH3 is 1. The number of carbonyl (C=O) groups is 1. The number of thiophene rings is 1. The van der Waals surface area contributed by atoms with Crippen molar-refractivity contribution in [3.05, 3.63) is 53.2 Å². The summed E-state index contributed by atoms with van der Waals surface area (Å²) in [5.74, 6) is -0.635. The Bertz CT molecular complexity index is 629. The predicted octanol–water partition coefficient (Wildman–Crippen LogP) is 4.13. The normalized spacial score (nSPS) is 11.4. The fourth-order valence-electron chi connectivity index (χ4n) is 1.66. The van der Waals surface area contributed by atoms with Gasteiger partial charge in [0, 0.05) is 21.4 Å². The van der Waals surface area contributed by atoms with Gasteiger partial charge in [-0.1, -0.05) is 18.2 Å². The summed E-state index contributed by atoms with van der Waals surface area (Å²) in [5, 5.41) is 0. The minimum atomic E-state index is -0.390. The summed E-state index contributed by atoms with van der Waals surface area (Å²) >= 11 is 1.44. The molecule has 2 nitrogen and oxygen atoms in total. The molecule has 0 saturated carbocycles. The lowest BCUT2D eigenvalue weighted by Crippen LogP contribution is -1.94. The van der Waals surface area contributed by atoms with Crippen molar-refractivity contribution in [3.8, 4) is 10.4 Å². The van der Waals surface area contributed by atoms with Gasteiger partial charge in [-0.3, -0.25) is 0 Å². The Morgan fingerprint density at radius 3 is 2.68 bits per heavy atom. The average Bonchev–Trinajstić information content (AvgIpc) is 2.88. The fraction of sp³-hybridized carbons (Fsp3) is 0.133. The molecule has 0 aliphatic heterocycles. The maximum Gasteiger partial charge on any atom is 0.330 e. The molecule has 0 N–H and O–H groups in total. The molecule has 0 spiro atoms. The molecule has 2 aromatic rings. The van der Waals surface area contributed by atoms with E-state index >= 15 is 0 Å². The first-order valence-electron chi connectivity index (χ1n) is 5.73. The van der Waals surface area contributed by atoms with Crippen molar-refractivity contribution in [2.75, 3.05) is 7.11 Å². The number of rotatable bonds is 3. The molecule has 1 heterocycles. The summed E-state index contributed by atoms with van der Waals surface area (Å²) in [6.07, 6.45) is 1.43. The van der Waals surface area contributed by atoms with E-state index in [9.17, 15) is 9.18 Å². The van der Waals surface area contributed by atoms with Crippen LogP contribution in [0.3, 0.4) is 0 Å². The number of ether oxygens (including phenoxy) is 1. The molecule has 1 aromatic heterocycles. The lowest BCUT2D eigenvalue weighted by atomic mass is 10.2. The number of carbonyl (C=O) groups excluding carboxylic acids is 1. The van der Waals surface area contributed by atoms with Gasteiger partial charge in [-0.05, 0) is 30.7 Å². The second-order valence-corrected chi connectivity index (χ2v) is 5.08. The summed E-state index contributed by atoms with van der Waals surface area (Å²) in [6.45, 7) is 1.83. The van der Waals surface area contributed by atoms with Gasteiger partial charge in [-0.25, -0.2) is 9.18 Å². The number of hydrogen-bond acceptors (Lipinski definition) is 3. The summed E-state index contributed by atoms with van der Waals surface area (Å²) in [4.78, 5) is 12.9. The van der Waals surface area contributed by atoms with E-state index in [-0.39, 0.29) is 5.82 Å². The second kappa shape index (κ2) is 5.80. The average molecular weight is 276 g/mol. The van der Waals surface area contributed by atoms with Crippen LogP contribution < -0.4 is 0 Å². The summed E-state index contributed by atoms with van der Waals surface area (Å²) in [6, 6.07) is 10.4. The van der Waals surface area contributed by atoms with E-state index < -0.39 is 5.97 Å². The third-order valence-electron chi connectivity index (χ3n) is 2.67. The first-order chi connectivity index (χ1) is 9.11. The van der Waals surface area contributed by atoms with Crippen molar-refractivity contribution in [1.29, 1.82) is 0 Å². The van der Waals surface area contributed by atoms with Crippen LogP contribution in [0.4, 0.5) is 4.39 Å². The first kappa shape index (κ1) is 13.5. The van der Waals surface area contributed by atoms with Crippen molar-refractivity contribution in [3.63, 3.8) is 0 Å². The zero-order valence-electron chi connectivity index (χ0n) is 10.6. The Morgan fingerprint density at radius 2 is 2.00 bits per heavy atom. The monoisotopic (exact) mass is 276 g/mol. The Morgan fingerprint density at radius 1 is 1.26 bits per heavy atom. The van der Waals surface area contributed by atoms with E-state index in [2.05, 4.69) is 4.74 Å². The standard InChI is InChI=1S/C15H13FO2S/c1-10(9-15(17)18-2)13-7-8-14(19-13)11-5-3-4-6-12(11)16/h3-9H,1-2H3/b10-9+. The van der Waals surface area contributed by atoms with Gasteiger partial charge in [0.1, 0.15) is 5.82 Å². The molecule has 0 aliphatic rings. The molecule has 98 valence electrons. The third-order valence-corrected chi connectivity index (χ3v) is 3.92. The van der Waals surface area contributed by atoms with Gasteiger partial charge in [0.15, 0.2) is 0 Å². The van der Waals surface area contributed by atoms with Crippen LogP contribution in [0.2, 0.25) is 0 Å². The molecule has 0 bridgehead atoms. The quantitative estimate of drug-likeness (QED) is 0.622. The van der Waals surface area contributed by atoms with Gasteiger partial charge in [0.2, 0.25) is 0 Å². The Kier molecular flexibility index (Phi) is 4.12. The molecular formula is C15H13FO2S. The SMILES string of the molecule is COC(=O)/C=C(\C)c1ccc(-c2ccccc2F)s1. The molecule has 1 aromatic carbocycles. The number of esters is 1. The molecule has 4 heteroatoms. The van der Waals surface area contributed by atoms with Crippen LogP contribution >= 0.6 is 11.3 Å². The molecule has 0 aliphatic carbocycles. The molecule has 0 saturated heterocycles. The van der Waals surface area contributed by atoms with Crippen molar-refractivity contribution < 1.29 is 13.9 Å². The zero-order chi connectivity index (χ0) is 13.8. The lowest BCUT2D eigenvalue weighted by Gasteiger charge is -1.99. The maximum atomic E-state index is 13.7. The van der Waals surface area contributed by atoms with Crippen molar-refractivity contribution in [2.45, 2.75) is 6.92 Å². The van der Waals surface area contributed by atoms with E-state index in [0.717, 1.165) is 15.3 Å². The zero-order valence-corrected chi connectivity index (χ0v) is 11.5. The van der Waals surface area contributed by atoms with E-state index in [4.69, 9.17) is 0 Å². The van der Waals surface area contributed by atoms with Crippen molar-refractivity contribution >= 4 is 22.9 Å². The highest BCUT2D eigenvalue weighted by atomic mass is 32.1. The fourth-order valence-corrected chi connectivity index (χ4v) is 2.67. The minimum Gasteiger partial charge on any atom is -0.466 e. The molecular weight excluding hydrogens is 263 g/mol. The van der Waals surface area contributed by atoms with Crippen LogP contribution in [0.15, 0.2) is 42.5 Å². The summed E-state index contributed by atoms with van der Waals surface area (Å²) < 4.78 is 18.3. The number of benzene rings is 1. The highest BCUT2D eigenvalue weighted by Gasteiger charge is 2.09. The topological polar surface area (TPSA) is 26.3 Å². The lowest BCUT2D eigenvalue weighted by molar-refractivity contribution is -0.134. The molecule has 0 radical (unpaired) electrons. The van der Waals surface area contributed by atoms with Crippen LogP contribution in [0.5, 0.6) is 0 Å². The highest BCUT2D eigenvalue weighted by molar-refractivity contribution is 7.16. The van der Waals surface area contributed by atoms with Crippen molar-refractivity contribution in [2.24, 2.45) is 0 Å².